The molecule has 3 heterocycles. The van der Waals surface area contributed by atoms with Crippen LogP contribution in [0.25, 0.3) is 11.8 Å². The first-order chi connectivity index (χ1) is 18.8. The van der Waals surface area contributed by atoms with Gasteiger partial charge < -0.3 is 14.2 Å². The average Bonchev–Trinajstić information content (AvgIpc) is 3.37. The van der Waals surface area contributed by atoms with Crippen LogP contribution < -0.4 is 4.90 Å². The molecule has 0 radical (unpaired) electrons. The second-order valence-corrected chi connectivity index (χ2v) is 10.6. The van der Waals surface area contributed by atoms with Crippen molar-refractivity contribution in [3.8, 4) is 5.69 Å². The van der Waals surface area contributed by atoms with Gasteiger partial charge in [0.2, 0.25) is 0 Å². The molecule has 2 amide bonds. The molecule has 0 bridgehead atoms. The summed E-state index contributed by atoms with van der Waals surface area (Å²) in [6.07, 6.45) is 3.24. The highest BCUT2D eigenvalue weighted by Gasteiger charge is 2.35. The average molecular weight is 547 g/mol. The summed E-state index contributed by atoms with van der Waals surface area (Å²) < 4.78 is 7.33. The fourth-order valence-corrected chi connectivity index (χ4v) is 5.98. The molecule has 0 spiro atoms. The van der Waals surface area contributed by atoms with E-state index >= 15 is 0 Å². The Hall–Kier alpha value is -3.89. The summed E-state index contributed by atoms with van der Waals surface area (Å²) >= 11 is 0.951. The van der Waals surface area contributed by atoms with Crippen molar-refractivity contribution in [1.29, 1.82) is 0 Å². The lowest BCUT2D eigenvalue weighted by Crippen LogP contribution is -2.36. The van der Waals surface area contributed by atoms with Crippen LogP contribution in [0.15, 0.2) is 59.5 Å². The molecule has 5 rings (SSSR count). The maximum absolute atomic E-state index is 13.1. The maximum Gasteiger partial charge on any atom is 0.294 e. The van der Waals surface area contributed by atoms with Crippen LogP contribution in [0.4, 0.5) is 16.2 Å². The number of imide groups is 1. The Morgan fingerprint density at radius 2 is 1.79 bits per heavy atom. The van der Waals surface area contributed by atoms with Crippen molar-refractivity contribution in [3.63, 3.8) is 0 Å². The topological polar surface area (TPSA) is 97.9 Å². The molecule has 10 heteroatoms. The summed E-state index contributed by atoms with van der Waals surface area (Å²) in [7, 11) is 0. The van der Waals surface area contributed by atoms with Gasteiger partial charge in [-0.05, 0) is 73.9 Å². The van der Waals surface area contributed by atoms with Crippen molar-refractivity contribution in [2.24, 2.45) is 0 Å². The molecule has 9 nitrogen and oxygen atoms in total. The van der Waals surface area contributed by atoms with Crippen LogP contribution in [0.2, 0.25) is 0 Å². The summed E-state index contributed by atoms with van der Waals surface area (Å²) in [5.41, 5.74) is 4.96. The van der Waals surface area contributed by atoms with Gasteiger partial charge in [0.05, 0.1) is 28.7 Å². The number of hydrogen-bond donors (Lipinski definition) is 0. The number of carbonyl (C=O) groups is 2. The van der Waals surface area contributed by atoms with Gasteiger partial charge in [-0.2, -0.15) is 0 Å². The number of nitro benzene ring substituents is 1. The molecule has 2 aromatic carbocycles. The molecule has 1 aromatic heterocycles. The highest BCUT2D eigenvalue weighted by atomic mass is 32.2. The Morgan fingerprint density at radius 3 is 2.51 bits per heavy atom. The van der Waals surface area contributed by atoms with Crippen molar-refractivity contribution in [1.82, 2.24) is 9.47 Å². The van der Waals surface area contributed by atoms with E-state index in [1.165, 1.54) is 10.5 Å². The molecular weight excluding hydrogens is 516 g/mol. The van der Waals surface area contributed by atoms with E-state index in [4.69, 9.17) is 4.74 Å². The van der Waals surface area contributed by atoms with Gasteiger partial charge in [0.15, 0.2) is 0 Å². The number of morpholine rings is 1. The quantitative estimate of drug-likeness (QED) is 0.209. The van der Waals surface area contributed by atoms with Crippen LogP contribution in [0.3, 0.4) is 0 Å². The minimum Gasteiger partial charge on any atom is -0.378 e. The van der Waals surface area contributed by atoms with Gasteiger partial charge in [0.25, 0.3) is 16.8 Å². The smallest absolute Gasteiger partial charge is 0.294 e. The summed E-state index contributed by atoms with van der Waals surface area (Å²) in [6.45, 7) is 6.48. The Bertz CT molecular complexity index is 1440. The fraction of sp³-hybridized carbons (Fsp3) is 0.310. The van der Waals surface area contributed by atoms with Gasteiger partial charge in [-0.1, -0.05) is 30.3 Å². The van der Waals surface area contributed by atoms with Crippen molar-refractivity contribution in [3.05, 3.63) is 92.1 Å². The summed E-state index contributed by atoms with van der Waals surface area (Å²) in [5.74, 6) is -0.284. The molecule has 0 atom stereocenters. The number of ether oxygens (including phenoxy) is 1. The molecule has 202 valence electrons. The van der Waals surface area contributed by atoms with Crippen molar-refractivity contribution in [2.75, 3.05) is 37.7 Å². The Kier molecular flexibility index (Phi) is 7.85. The number of hydrogen-bond acceptors (Lipinski definition) is 7. The molecule has 0 saturated carbocycles. The lowest BCUT2D eigenvalue weighted by molar-refractivity contribution is -0.384. The molecule has 2 saturated heterocycles. The van der Waals surface area contributed by atoms with Crippen LogP contribution in [0.1, 0.15) is 28.9 Å². The van der Waals surface area contributed by atoms with Gasteiger partial charge in [-0.3, -0.25) is 24.6 Å². The van der Waals surface area contributed by atoms with Crippen LogP contribution in [0, 0.1) is 24.0 Å². The normalized spacial score (nSPS) is 16.9. The zero-order valence-electron chi connectivity index (χ0n) is 22.0. The predicted octanol–water partition coefficient (Wildman–Crippen LogP) is 5.51. The van der Waals surface area contributed by atoms with E-state index < -0.39 is 0 Å². The van der Waals surface area contributed by atoms with Crippen LogP contribution >= 0.6 is 11.8 Å². The number of nitrogens with zero attached hydrogens (tertiary/aromatic N) is 4. The van der Waals surface area contributed by atoms with Gasteiger partial charge in [-0.25, -0.2) is 0 Å². The van der Waals surface area contributed by atoms with Gasteiger partial charge in [-0.15, -0.1) is 0 Å². The standard InChI is InChI=1S/C29H30N4O5S/c1-20-17-23(18-27-28(34)31(29(35)39-27)12-6-9-22-7-4-3-5-8-22)21(2)32(20)24-10-11-25(26(19-24)33(36)37)30-13-15-38-16-14-30/h3-5,7-8,10-11,17-19H,6,9,12-16H2,1-2H3/b27-18-. The van der Waals surface area contributed by atoms with Crippen molar-refractivity contribution >= 4 is 40.4 Å². The number of benzene rings is 2. The van der Waals surface area contributed by atoms with E-state index in [2.05, 4.69) is 0 Å². The number of rotatable bonds is 8. The van der Waals surface area contributed by atoms with Crippen molar-refractivity contribution in [2.45, 2.75) is 26.7 Å². The van der Waals surface area contributed by atoms with E-state index in [0.29, 0.717) is 55.5 Å². The Labute approximate surface area is 231 Å². The molecule has 0 aliphatic carbocycles. The molecule has 2 aliphatic heterocycles. The second kappa shape index (κ2) is 11.5. The third kappa shape index (κ3) is 5.62. The Balaban J connectivity index is 1.36. The van der Waals surface area contributed by atoms with Gasteiger partial charge in [0, 0.05) is 37.1 Å². The molecule has 2 aliphatic rings. The van der Waals surface area contributed by atoms with Crippen LogP contribution in [0.5, 0.6) is 0 Å². The molecule has 0 N–H and O–H groups in total. The SMILES string of the molecule is Cc1cc(/C=C2\SC(=O)N(CCCc3ccccc3)C2=O)c(C)n1-c1ccc(N2CCOCC2)c([N+](=O)[O-])c1. The van der Waals surface area contributed by atoms with E-state index in [1.54, 1.807) is 18.2 Å². The zero-order valence-corrected chi connectivity index (χ0v) is 22.8. The number of amides is 2. The van der Waals surface area contributed by atoms with Crippen LogP contribution in [-0.4, -0.2) is 58.4 Å². The summed E-state index contributed by atoms with van der Waals surface area (Å²) in [5, 5.41) is 11.7. The largest absolute Gasteiger partial charge is 0.378 e. The van der Waals surface area contributed by atoms with Gasteiger partial charge >= 0.3 is 0 Å². The van der Waals surface area contributed by atoms with E-state index in [-0.39, 0.29) is 21.8 Å². The second-order valence-electron chi connectivity index (χ2n) is 9.61. The van der Waals surface area contributed by atoms with E-state index in [9.17, 15) is 19.7 Å². The third-order valence-electron chi connectivity index (χ3n) is 7.09. The number of nitro groups is 1. The molecule has 0 unspecified atom stereocenters. The van der Waals surface area contributed by atoms with E-state index in [0.717, 1.165) is 35.1 Å². The maximum atomic E-state index is 13.1. The van der Waals surface area contributed by atoms with Crippen molar-refractivity contribution < 1.29 is 19.2 Å². The summed E-state index contributed by atoms with van der Waals surface area (Å²) in [4.78, 5) is 41.0. The predicted molar refractivity (Wildman–Crippen MR) is 152 cm³/mol. The number of carbonyl (C=O) groups excluding carboxylic acids is 2. The first-order valence-corrected chi connectivity index (χ1v) is 13.7. The number of aryl methyl sites for hydroxylation is 2. The minimum absolute atomic E-state index is 0.0417. The third-order valence-corrected chi connectivity index (χ3v) is 7.99. The molecular formula is C29H30N4O5S. The number of thioether (sulfide) groups is 1. The van der Waals surface area contributed by atoms with Crippen LogP contribution in [-0.2, 0) is 16.0 Å². The molecule has 39 heavy (non-hydrogen) atoms. The fourth-order valence-electron chi connectivity index (χ4n) is 5.12. The highest BCUT2D eigenvalue weighted by Crippen LogP contribution is 2.36. The number of anilines is 1. The number of aromatic nitrogens is 1. The first kappa shape index (κ1) is 26.7. The molecule has 2 fully saturated rings. The Morgan fingerprint density at radius 1 is 1.05 bits per heavy atom. The first-order valence-electron chi connectivity index (χ1n) is 12.9. The van der Waals surface area contributed by atoms with E-state index in [1.807, 2.05) is 65.8 Å². The van der Waals surface area contributed by atoms with Gasteiger partial charge in [0.1, 0.15) is 5.69 Å². The minimum atomic E-state index is -0.350. The monoisotopic (exact) mass is 546 g/mol. The lowest BCUT2D eigenvalue weighted by atomic mass is 10.1. The zero-order chi connectivity index (χ0) is 27.5. The molecule has 3 aromatic rings. The summed E-state index contributed by atoms with van der Waals surface area (Å²) in [6, 6.07) is 17.2. The lowest BCUT2D eigenvalue weighted by Gasteiger charge is -2.28. The highest BCUT2D eigenvalue weighted by molar-refractivity contribution is 8.18.